The number of ether oxygens (including phenoxy) is 2. The number of hydrogen-bond acceptors (Lipinski definition) is 2. The standard InChI is InChI=1S/C22H35ClO2/c1-2-3-4-18-15-24-22(25-16-18)21-11-9-20(10-12-21)19-7-5-17(6-8-19)13-14-23/h2,13-14,17-22H,1,3-12,15-16H2. The lowest BCUT2D eigenvalue weighted by Gasteiger charge is -2.40. The maximum atomic E-state index is 6.07. The Morgan fingerprint density at radius 2 is 1.40 bits per heavy atom. The van der Waals surface area contributed by atoms with Gasteiger partial charge in [0.1, 0.15) is 0 Å². The largest absolute Gasteiger partial charge is 0.352 e. The highest BCUT2D eigenvalue weighted by atomic mass is 35.5. The third-order valence-electron chi connectivity index (χ3n) is 6.80. The number of allylic oxidation sites excluding steroid dienone is 2. The van der Waals surface area contributed by atoms with Crippen LogP contribution in [0.25, 0.3) is 0 Å². The maximum Gasteiger partial charge on any atom is 0.160 e. The van der Waals surface area contributed by atoms with E-state index in [0.717, 1.165) is 43.8 Å². The van der Waals surface area contributed by atoms with E-state index in [1.165, 1.54) is 51.4 Å². The van der Waals surface area contributed by atoms with Gasteiger partial charge >= 0.3 is 0 Å². The van der Waals surface area contributed by atoms with Gasteiger partial charge in [-0.3, -0.25) is 0 Å². The Kier molecular flexibility index (Phi) is 7.89. The van der Waals surface area contributed by atoms with Gasteiger partial charge in [-0.2, -0.15) is 0 Å². The molecule has 0 N–H and O–H groups in total. The van der Waals surface area contributed by atoms with Gasteiger partial charge < -0.3 is 9.47 Å². The third-order valence-corrected chi connectivity index (χ3v) is 6.95. The lowest BCUT2D eigenvalue weighted by Crippen LogP contribution is -2.39. The first-order valence-electron chi connectivity index (χ1n) is 10.4. The van der Waals surface area contributed by atoms with Crippen LogP contribution < -0.4 is 0 Å². The molecule has 3 aliphatic rings. The lowest BCUT2D eigenvalue weighted by atomic mass is 9.69. The average molecular weight is 367 g/mol. The van der Waals surface area contributed by atoms with Gasteiger partial charge in [0.2, 0.25) is 0 Å². The van der Waals surface area contributed by atoms with Gasteiger partial charge in [0.25, 0.3) is 0 Å². The molecule has 0 atom stereocenters. The van der Waals surface area contributed by atoms with E-state index in [2.05, 4.69) is 12.7 Å². The molecule has 1 saturated heterocycles. The highest BCUT2D eigenvalue weighted by molar-refractivity contribution is 6.25. The molecule has 0 aromatic carbocycles. The van der Waals surface area contributed by atoms with Gasteiger partial charge in [0, 0.05) is 17.4 Å². The minimum Gasteiger partial charge on any atom is -0.352 e. The smallest absolute Gasteiger partial charge is 0.160 e. The zero-order valence-corrected chi connectivity index (χ0v) is 16.3. The molecule has 3 rings (SSSR count). The maximum absolute atomic E-state index is 6.07. The van der Waals surface area contributed by atoms with E-state index < -0.39 is 0 Å². The van der Waals surface area contributed by atoms with E-state index in [1.54, 1.807) is 5.54 Å². The Labute approximate surface area is 159 Å². The van der Waals surface area contributed by atoms with Gasteiger partial charge in [0.05, 0.1) is 13.2 Å². The Morgan fingerprint density at radius 3 is 1.96 bits per heavy atom. The van der Waals surface area contributed by atoms with Crippen LogP contribution in [0.15, 0.2) is 24.3 Å². The van der Waals surface area contributed by atoms with Crippen molar-refractivity contribution in [2.45, 2.75) is 70.5 Å². The topological polar surface area (TPSA) is 18.5 Å². The molecule has 0 bridgehead atoms. The van der Waals surface area contributed by atoms with Gasteiger partial charge in [-0.15, -0.1) is 6.58 Å². The molecule has 0 aromatic heterocycles. The third kappa shape index (κ3) is 5.58. The van der Waals surface area contributed by atoms with Gasteiger partial charge in [-0.25, -0.2) is 0 Å². The lowest BCUT2D eigenvalue weighted by molar-refractivity contribution is -0.230. The first-order chi connectivity index (χ1) is 12.3. The van der Waals surface area contributed by atoms with Crippen molar-refractivity contribution in [2.24, 2.45) is 29.6 Å². The van der Waals surface area contributed by atoms with E-state index in [-0.39, 0.29) is 6.29 Å². The predicted molar refractivity (Wildman–Crippen MR) is 105 cm³/mol. The minimum atomic E-state index is 0.0607. The van der Waals surface area contributed by atoms with E-state index in [4.69, 9.17) is 21.1 Å². The molecule has 25 heavy (non-hydrogen) atoms. The zero-order valence-electron chi connectivity index (χ0n) is 15.6. The van der Waals surface area contributed by atoms with Crippen LogP contribution in [-0.2, 0) is 9.47 Å². The summed E-state index contributed by atoms with van der Waals surface area (Å²) in [5.41, 5.74) is 1.71. The van der Waals surface area contributed by atoms with Crippen LogP contribution in [0.1, 0.15) is 64.2 Å². The molecule has 1 heterocycles. The Hall–Kier alpha value is -0.310. The molecular formula is C22H35ClO2. The second-order valence-corrected chi connectivity index (χ2v) is 8.69. The molecular weight excluding hydrogens is 332 g/mol. The second kappa shape index (κ2) is 10.1. The predicted octanol–water partition coefficient (Wildman–Crippen LogP) is 6.31. The van der Waals surface area contributed by atoms with Gasteiger partial charge in [-0.05, 0) is 82.0 Å². The highest BCUT2D eigenvalue weighted by Gasteiger charge is 2.35. The van der Waals surface area contributed by atoms with Crippen LogP contribution in [0.4, 0.5) is 0 Å². The van der Waals surface area contributed by atoms with Crippen molar-refractivity contribution in [3.63, 3.8) is 0 Å². The summed E-state index contributed by atoms with van der Waals surface area (Å²) in [6.45, 7) is 5.54. The normalized spacial score (nSPS) is 40.2. The Morgan fingerprint density at radius 1 is 0.840 bits per heavy atom. The van der Waals surface area contributed by atoms with Crippen LogP contribution in [-0.4, -0.2) is 19.5 Å². The van der Waals surface area contributed by atoms with Crippen LogP contribution in [0, 0.1) is 29.6 Å². The Bertz CT molecular complexity index is 412. The van der Waals surface area contributed by atoms with Crippen molar-refractivity contribution in [1.82, 2.24) is 0 Å². The quantitative estimate of drug-likeness (QED) is 0.513. The van der Waals surface area contributed by atoms with E-state index in [1.807, 2.05) is 6.08 Å². The monoisotopic (exact) mass is 366 g/mol. The fourth-order valence-electron chi connectivity index (χ4n) is 5.15. The first-order valence-corrected chi connectivity index (χ1v) is 10.8. The van der Waals surface area contributed by atoms with Gasteiger partial charge in [0.15, 0.2) is 6.29 Å². The van der Waals surface area contributed by atoms with Crippen molar-refractivity contribution in [2.75, 3.05) is 13.2 Å². The summed E-state index contributed by atoms with van der Waals surface area (Å²) in [4.78, 5) is 0. The molecule has 0 spiro atoms. The van der Waals surface area contributed by atoms with Crippen molar-refractivity contribution in [1.29, 1.82) is 0 Å². The van der Waals surface area contributed by atoms with Crippen LogP contribution >= 0.6 is 11.6 Å². The van der Waals surface area contributed by atoms with Crippen molar-refractivity contribution in [3.8, 4) is 0 Å². The molecule has 2 saturated carbocycles. The first kappa shape index (κ1) is 19.5. The molecule has 142 valence electrons. The van der Waals surface area contributed by atoms with Gasteiger partial charge in [-0.1, -0.05) is 23.8 Å². The molecule has 3 fully saturated rings. The summed E-state index contributed by atoms with van der Waals surface area (Å²) in [7, 11) is 0. The van der Waals surface area contributed by atoms with Crippen LogP contribution in [0.5, 0.6) is 0 Å². The van der Waals surface area contributed by atoms with E-state index >= 15 is 0 Å². The molecule has 0 amide bonds. The summed E-state index contributed by atoms with van der Waals surface area (Å²) >= 11 is 5.74. The van der Waals surface area contributed by atoms with Crippen molar-refractivity contribution >= 4 is 11.6 Å². The van der Waals surface area contributed by atoms with Crippen molar-refractivity contribution in [3.05, 3.63) is 24.3 Å². The van der Waals surface area contributed by atoms with E-state index in [9.17, 15) is 0 Å². The molecule has 3 heteroatoms. The number of halogens is 1. The molecule has 2 aliphatic carbocycles. The summed E-state index contributed by atoms with van der Waals surface area (Å²) in [6, 6.07) is 0. The highest BCUT2D eigenvalue weighted by Crippen LogP contribution is 2.43. The zero-order chi connectivity index (χ0) is 17.5. The molecule has 0 aromatic rings. The van der Waals surface area contributed by atoms with E-state index in [0.29, 0.717) is 11.8 Å². The summed E-state index contributed by atoms with van der Waals surface area (Å²) in [5.74, 6) is 3.77. The Balaban J connectivity index is 1.36. The number of hydrogen-bond donors (Lipinski definition) is 0. The SMILES string of the molecule is C=CCCC1COC(C2CCC(C3CCC(C=CCl)CC3)CC2)OC1. The van der Waals surface area contributed by atoms with Crippen molar-refractivity contribution < 1.29 is 9.47 Å². The fraction of sp³-hybridized carbons (Fsp3) is 0.818. The molecule has 2 nitrogen and oxygen atoms in total. The second-order valence-electron chi connectivity index (χ2n) is 8.44. The van der Waals surface area contributed by atoms with Crippen LogP contribution in [0.2, 0.25) is 0 Å². The summed E-state index contributed by atoms with van der Waals surface area (Å²) in [6.07, 6.45) is 17.2. The fourth-order valence-corrected chi connectivity index (χ4v) is 5.36. The molecule has 0 unspecified atom stereocenters. The average Bonchev–Trinajstić information content (AvgIpc) is 2.68. The summed E-state index contributed by atoms with van der Waals surface area (Å²) in [5, 5.41) is 0. The molecule has 1 aliphatic heterocycles. The summed E-state index contributed by atoms with van der Waals surface area (Å²) < 4.78 is 12.1. The number of rotatable bonds is 6. The minimum absolute atomic E-state index is 0.0607. The molecule has 0 radical (unpaired) electrons. The van der Waals surface area contributed by atoms with Crippen LogP contribution in [0.3, 0.4) is 0 Å².